The maximum atomic E-state index is 12.8. The predicted molar refractivity (Wildman–Crippen MR) is 88.0 cm³/mol. The Labute approximate surface area is 131 Å². The molecule has 1 nitrogen and oxygen atoms in total. The Bertz CT molecular complexity index is 661. The van der Waals surface area contributed by atoms with Crippen molar-refractivity contribution in [1.29, 1.82) is 0 Å². The normalized spacial score (nSPS) is 15.4. The van der Waals surface area contributed by atoms with Crippen LogP contribution in [0.4, 0.5) is 0 Å². The molecule has 0 saturated carbocycles. The number of hydrogen-bond acceptors (Lipinski definition) is 1. The van der Waals surface area contributed by atoms with Crippen molar-refractivity contribution in [3.05, 3.63) is 69.7 Å². The summed E-state index contributed by atoms with van der Waals surface area (Å²) in [6.07, 6.45) is 4.13. The van der Waals surface area contributed by atoms with Crippen molar-refractivity contribution in [2.75, 3.05) is 0 Å². The highest BCUT2D eigenvalue weighted by atomic mass is 79.9. The Morgan fingerprint density at radius 1 is 1.10 bits per heavy atom. The third-order valence-electron chi connectivity index (χ3n) is 3.50. The zero-order valence-corrected chi connectivity index (χ0v) is 13.6. The van der Waals surface area contributed by atoms with Crippen LogP contribution in [-0.2, 0) is 17.6 Å². The molecule has 3 heteroatoms. The zero-order chi connectivity index (χ0) is 14.1. The van der Waals surface area contributed by atoms with Crippen LogP contribution in [0, 0.1) is 6.92 Å². The van der Waals surface area contributed by atoms with Gasteiger partial charge in [-0.25, -0.2) is 0 Å². The van der Waals surface area contributed by atoms with Gasteiger partial charge in [0.2, 0.25) is 0 Å². The second-order valence-corrected chi connectivity index (χ2v) is 7.35. The standard InChI is InChI=1S/C17H15BrOS/c1-12-5-10-16-13(11-12)3-2-4-17(16)20(19)15-8-6-14(18)7-9-15/h4-11H,2-3H2,1H3. The molecule has 1 atom stereocenters. The first kappa shape index (κ1) is 13.9. The Morgan fingerprint density at radius 2 is 1.85 bits per heavy atom. The van der Waals surface area contributed by atoms with Crippen molar-refractivity contribution in [2.45, 2.75) is 24.7 Å². The fraction of sp³-hybridized carbons (Fsp3) is 0.176. The van der Waals surface area contributed by atoms with Crippen LogP contribution in [0.5, 0.6) is 0 Å². The van der Waals surface area contributed by atoms with E-state index in [4.69, 9.17) is 0 Å². The molecular formula is C17H15BrOS. The molecule has 2 aromatic carbocycles. The lowest BCUT2D eigenvalue weighted by Crippen LogP contribution is -2.10. The van der Waals surface area contributed by atoms with E-state index in [1.54, 1.807) is 0 Å². The van der Waals surface area contributed by atoms with Crippen molar-refractivity contribution in [3.8, 4) is 0 Å². The lowest BCUT2D eigenvalue weighted by atomic mass is 9.95. The quantitative estimate of drug-likeness (QED) is 0.712. The summed E-state index contributed by atoms with van der Waals surface area (Å²) < 4.78 is 13.8. The summed E-state index contributed by atoms with van der Waals surface area (Å²) in [4.78, 5) is 1.81. The molecule has 1 unspecified atom stereocenters. The lowest BCUT2D eigenvalue weighted by molar-refractivity contribution is 0.604. The van der Waals surface area contributed by atoms with Crippen LogP contribution >= 0.6 is 15.9 Å². The molecule has 0 fully saturated rings. The van der Waals surface area contributed by atoms with Crippen LogP contribution in [-0.4, -0.2) is 4.55 Å². The molecule has 0 saturated heterocycles. The molecule has 0 bridgehead atoms. The fourth-order valence-corrected chi connectivity index (χ4v) is 4.07. The topological polar surface area (TPSA) is 23.1 Å². The van der Waals surface area contributed by atoms with Crippen LogP contribution in [0.15, 0.2) is 57.9 Å². The van der Waals surface area contributed by atoms with E-state index < -0.39 is 11.2 Å². The van der Waals surface area contributed by atoms with E-state index in [0.29, 0.717) is 0 Å². The van der Waals surface area contributed by atoms with Gasteiger partial charge in [-0.05, 0) is 61.7 Å². The van der Waals surface area contributed by atoms with Crippen molar-refractivity contribution >= 4 is 32.0 Å². The average molecular weight is 347 g/mol. The van der Waals surface area contributed by atoms with Gasteiger partial charge in [-0.3, -0.25) is 0 Å². The largest absolute Gasteiger partial charge is 0.606 e. The SMILES string of the molecule is Cc1ccc2c(c1)CCC=C2[S+]([O-])c1ccc(Br)cc1. The number of aryl methyl sites for hydroxylation is 2. The summed E-state index contributed by atoms with van der Waals surface area (Å²) in [6.45, 7) is 2.10. The molecule has 1 aliphatic carbocycles. The van der Waals surface area contributed by atoms with Gasteiger partial charge in [-0.2, -0.15) is 0 Å². The monoisotopic (exact) mass is 346 g/mol. The minimum absolute atomic E-state index is 0.855. The summed E-state index contributed by atoms with van der Waals surface area (Å²) >= 11 is 2.30. The first-order valence-electron chi connectivity index (χ1n) is 6.62. The highest BCUT2D eigenvalue weighted by Crippen LogP contribution is 2.34. The van der Waals surface area contributed by atoms with E-state index in [2.05, 4.69) is 47.1 Å². The van der Waals surface area contributed by atoms with Gasteiger partial charge in [-0.1, -0.05) is 33.6 Å². The Morgan fingerprint density at radius 3 is 2.60 bits per heavy atom. The molecule has 0 heterocycles. The summed E-state index contributed by atoms with van der Waals surface area (Å²) in [6, 6.07) is 14.1. The second kappa shape index (κ2) is 5.76. The minimum atomic E-state index is -1.11. The van der Waals surface area contributed by atoms with Crippen LogP contribution in [0.3, 0.4) is 0 Å². The zero-order valence-electron chi connectivity index (χ0n) is 11.2. The van der Waals surface area contributed by atoms with Gasteiger partial charge in [0.05, 0.1) is 0 Å². The van der Waals surface area contributed by atoms with Gasteiger partial charge in [0.1, 0.15) is 0 Å². The molecule has 2 aromatic rings. The van der Waals surface area contributed by atoms with Gasteiger partial charge in [0, 0.05) is 21.2 Å². The molecule has 0 N–H and O–H groups in total. The molecule has 0 amide bonds. The predicted octanol–water partition coefficient (Wildman–Crippen LogP) is 4.85. The molecule has 0 aliphatic heterocycles. The number of hydrogen-bond donors (Lipinski definition) is 0. The van der Waals surface area contributed by atoms with E-state index in [1.807, 2.05) is 24.3 Å². The van der Waals surface area contributed by atoms with Crippen molar-refractivity contribution in [1.82, 2.24) is 0 Å². The minimum Gasteiger partial charge on any atom is -0.606 e. The van der Waals surface area contributed by atoms with Crippen molar-refractivity contribution < 1.29 is 4.55 Å². The Balaban J connectivity index is 1.98. The van der Waals surface area contributed by atoms with Crippen LogP contribution in [0.25, 0.3) is 4.91 Å². The average Bonchev–Trinajstić information content (AvgIpc) is 2.46. The van der Waals surface area contributed by atoms with Gasteiger partial charge < -0.3 is 4.55 Å². The summed E-state index contributed by atoms with van der Waals surface area (Å²) in [5, 5.41) is 0. The summed E-state index contributed by atoms with van der Waals surface area (Å²) in [5.74, 6) is 0. The van der Waals surface area contributed by atoms with E-state index in [1.165, 1.54) is 11.1 Å². The Hall–Kier alpha value is -1.03. The fourth-order valence-electron chi connectivity index (χ4n) is 2.50. The molecule has 0 aromatic heterocycles. The molecule has 0 spiro atoms. The molecule has 0 radical (unpaired) electrons. The summed E-state index contributed by atoms with van der Waals surface area (Å²) in [7, 11) is 0. The number of allylic oxidation sites excluding steroid dienone is 1. The highest BCUT2D eigenvalue weighted by Gasteiger charge is 2.24. The first-order valence-corrected chi connectivity index (χ1v) is 8.57. The third kappa shape index (κ3) is 2.71. The number of halogens is 1. The van der Waals surface area contributed by atoms with Crippen LogP contribution in [0.1, 0.15) is 23.1 Å². The van der Waals surface area contributed by atoms with Gasteiger partial charge >= 0.3 is 0 Å². The van der Waals surface area contributed by atoms with Gasteiger partial charge in [-0.15, -0.1) is 0 Å². The van der Waals surface area contributed by atoms with Crippen LogP contribution < -0.4 is 0 Å². The van der Waals surface area contributed by atoms with E-state index in [9.17, 15) is 4.55 Å². The van der Waals surface area contributed by atoms with Crippen molar-refractivity contribution in [2.24, 2.45) is 0 Å². The smallest absolute Gasteiger partial charge is 0.161 e. The second-order valence-electron chi connectivity index (χ2n) is 4.99. The van der Waals surface area contributed by atoms with E-state index in [-0.39, 0.29) is 0 Å². The molecule has 1 aliphatic rings. The highest BCUT2D eigenvalue weighted by molar-refractivity contribution is 9.10. The van der Waals surface area contributed by atoms with Gasteiger partial charge in [0.15, 0.2) is 9.80 Å². The maximum Gasteiger partial charge on any atom is 0.161 e. The van der Waals surface area contributed by atoms with Gasteiger partial charge in [0.25, 0.3) is 0 Å². The number of rotatable bonds is 2. The first-order chi connectivity index (χ1) is 9.65. The summed E-state index contributed by atoms with van der Waals surface area (Å²) in [5.41, 5.74) is 3.72. The van der Waals surface area contributed by atoms with E-state index >= 15 is 0 Å². The number of benzene rings is 2. The molecule has 102 valence electrons. The number of fused-ring (bicyclic) bond motifs is 1. The van der Waals surface area contributed by atoms with Crippen molar-refractivity contribution in [3.63, 3.8) is 0 Å². The van der Waals surface area contributed by atoms with Crippen LogP contribution in [0.2, 0.25) is 0 Å². The van der Waals surface area contributed by atoms with E-state index in [0.717, 1.165) is 32.7 Å². The lowest BCUT2D eigenvalue weighted by Gasteiger charge is -2.20. The molecule has 20 heavy (non-hydrogen) atoms. The Kier molecular flexibility index (Phi) is 4.01. The third-order valence-corrected chi connectivity index (χ3v) is 5.51. The molecule has 3 rings (SSSR count). The maximum absolute atomic E-state index is 12.8. The molecular weight excluding hydrogens is 332 g/mol.